The molecule has 0 N–H and O–H groups in total. The Morgan fingerprint density at radius 3 is 2.50 bits per heavy atom. The standard InChI is InChI=1S/C15H16N2O/c1-3-12-5-7-14(17-9-12)8-15(18)13-6-4-11(2)16-10-13/h4-7,9-10H,3,8H2,1-2H3. The SMILES string of the molecule is CCc1ccc(CC(=O)c2ccc(C)nc2)nc1. The van der Waals surface area contributed by atoms with E-state index in [1.807, 2.05) is 37.4 Å². The number of aromatic nitrogens is 2. The second-order valence-electron chi connectivity index (χ2n) is 4.30. The molecule has 0 fully saturated rings. The van der Waals surface area contributed by atoms with Crippen LogP contribution in [0, 0.1) is 6.92 Å². The third kappa shape index (κ3) is 3.00. The van der Waals surface area contributed by atoms with E-state index in [0.717, 1.165) is 17.8 Å². The second kappa shape index (κ2) is 5.54. The first-order chi connectivity index (χ1) is 8.69. The van der Waals surface area contributed by atoms with Crippen LogP contribution in [0.2, 0.25) is 0 Å². The highest BCUT2D eigenvalue weighted by atomic mass is 16.1. The first-order valence-electron chi connectivity index (χ1n) is 6.08. The number of pyridine rings is 2. The molecule has 0 saturated heterocycles. The Morgan fingerprint density at radius 2 is 1.94 bits per heavy atom. The van der Waals surface area contributed by atoms with Crippen LogP contribution in [-0.4, -0.2) is 15.8 Å². The van der Waals surface area contributed by atoms with Gasteiger partial charge in [-0.15, -0.1) is 0 Å². The van der Waals surface area contributed by atoms with Gasteiger partial charge in [-0.25, -0.2) is 0 Å². The summed E-state index contributed by atoms with van der Waals surface area (Å²) in [4.78, 5) is 20.4. The summed E-state index contributed by atoms with van der Waals surface area (Å²) in [5, 5.41) is 0. The predicted octanol–water partition coefficient (Wildman–Crippen LogP) is 2.77. The number of hydrogen-bond donors (Lipinski definition) is 0. The van der Waals surface area contributed by atoms with Gasteiger partial charge in [-0.2, -0.15) is 0 Å². The zero-order valence-electron chi connectivity index (χ0n) is 10.7. The quantitative estimate of drug-likeness (QED) is 0.772. The van der Waals surface area contributed by atoms with Crippen LogP contribution >= 0.6 is 0 Å². The number of carbonyl (C=O) groups is 1. The molecule has 18 heavy (non-hydrogen) atoms. The van der Waals surface area contributed by atoms with Gasteiger partial charge in [0.2, 0.25) is 0 Å². The number of carbonyl (C=O) groups excluding carboxylic acids is 1. The van der Waals surface area contributed by atoms with Gasteiger partial charge in [0.15, 0.2) is 5.78 Å². The number of hydrogen-bond acceptors (Lipinski definition) is 3. The molecule has 0 spiro atoms. The van der Waals surface area contributed by atoms with Gasteiger partial charge in [0, 0.05) is 29.3 Å². The summed E-state index contributed by atoms with van der Waals surface area (Å²) in [6.45, 7) is 3.99. The van der Waals surface area contributed by atoms with E-state index in [2.05, 4.69) is 16.9 Å². The Labute approximate surface area is 107 Å². The molecule has 92 valence electrons. The molecule has 0 saturated carbocycles. The fourth-order valence-corrected chi connectivity index (χ4v) is 1.67. The van der Waals surface area contributed by atoms with Crippen molar-refractivity contribution in [2.24, 2.45) is 0 Å². The minimum atomic E-state index is 0.0549. The molecule has 0 amide bonds. The maximum Gasteiger partial charge on any atom is 0.170 e. The number of aryl methyl sites for hydroxylation is 2. The lowest BCUT2D eigenvalue weighted by Crippen LogP contribution is -2.05. The van der Waals surface area contributed by atoms with Crippen LogP contribution in [0.3, 0.4) is 0 Å². The molecule has 0 radical (unpaired) electrons. The van der Waals surface area contributed by atoms with Crippen LogP contribution in [0.1, 0.15) is 34.2 Å². The number of rotatable bonds is 4. The molecule has 2 rings (SSSR count). The average molecular weight is 240 g/mol. The molecule has 0 aromatic carbocycles. The summed E-state index contributed by atoms with van der Waals surface area (Å²) in [5.41, 5.74) is 3.54. The molecular formula is C15H16N2O. The van der Waals surface area contributed by atoms with Crippen molar-refractivity contribution >= 4 is 5.78 Å². The molecule has 0 unspecified atom stereocenters. The van der Waals surface area contributed by atoms with Gasteiger partial charge in [-0.05, 0) is 37.1 Å². The van der Waals surface area contributed by atoms with Crippen molar-refractivity contribution in [1.82, 2.24) is 9.97 Å². The average Bonchev–Trinajstić information content (AvgIpc) is 2.40. The van der Waals surface area contributed by atoms with Crippen LogP contribution in [0.4, 0.5) is 0 Å². The van der Waals surface area contributed by atoms with Crippen molar-refractivity contribution in [3.63, 3.8) is 0 Å². The van der Waals surface area contributed by atoms with Crippen LogP contribution in [-0.2, 0) is 12.8 Å². The number of ketones is 1. The molecule has 2 aromatic heterocycles. The van der Waals surface area contributed by atoms with Crippen molar-refractivity contribution in [2.45, 2.75) is 26.7 Å². The summed E-state index contributed by atoms with van der Waals surface area (Å²) < 4.78 is 0. The van der Waals surface area contributed by atoms with Gasteiger partial charge in [0.1, 0.15) is 0 Å². The third-order valence-corrected chi connectivity index (χ3v) is 2.87. The van der Waals surface area contributed by atoms with Crippen molar-refractivity contribution in [3.8, 4) is 0 Å². The molecule has 0 bridgehead atoms. The van der Waals surface area contributed by atoms with E-state index in [-0.39, 0.29) is 5.78 Å². The van der Waals surface area contributed by atoms with Crippen molar-refractivity contribution in [3.05, 3.63) is 59.2 Å². The molecule has 3 nitrogen and oxygen atoms in total. The normalized spacial score (nSPS) is 10.3. The predicted molar refractivity (Wildman–Crippen MR) is 70.6 cm³/mol. The van der Waals surface area contributed by atoms with Crippen molar-refractivity contribution < 1.29 is 4.79 Å². The Kier molecular flexibility index (Phi) is 3.82. The summed E-state index contributed by atoms with van der Waals surface area (Å²) >= 11 is 0. The van der Waals surface area contributed by atoms with Gasteiger partial charge in [-0.1, -0.05) is 13.0 Å². The highest BCUT2D eigenvalue weighted by Gasteiger charge is 2.08. The molecule has 2 aromatic rings. The Bertz CT molecular complexity index is 529. The summed E-state index contributed by atoms with van der Waals surface area (Å²) in [6.07, 6.45) is 4.74. The highest BCUT2D eigenvalue weighted by molar-refractivity contribution is 5.96. The molecule has 3 heteroatoms. The lowest BCUT2D eigenvalue weighted by Gasteiger charge is -2.02. The van der Waals surface area contributed by atoms with Crippen molar-refractivity contribution in [1.29, 1.82) is 0 Å². The lowest BCUT2D eigenvalue weighted by molar-refractivity contribution is 0.0991. The highest BCUT2D eigenvalue weighted by Crippen LogP contribution is 2.07. The van der Waals surface area contributed by atoms with Gasteiger partial charge in [0.25, 0.3) is 0 Å². The Morgan fingerprint density at radius 1 is 1.11 bits per heavy atom. The van der Waals surface area contributed by atoms with Gasteiger partial charge < -0.3 is 0 Å². The maximum absolute atomic E-state index is 12.0. The van der Waals surface area contributed by atoms with E-state index in [9.17, 15) is 4.79 Å². The number of nitrogens with zero attached hydrogens (tertiary/aromatic N) is 2. The van der Waals surface area contributed by atoms with E-state index in [1.165, 1.54) is 5.56 Å². The molecule has 0 aliphatic rings. The topological polar surface area (TPSA) is 42.9 Å². The molecule has 0 atom stereocenters. The summed E-state index contributed by atoms with van der Waals surface area (Å²) in [5.74, 6) is 0.0549. The number of Topliss-reactive ketones (excluding diaryl/α,β-unsaturated/α-hetero) is 1. The minimum Gasteiger partial charge on any atom is -0.294 e. The van der Waals surface area contributed by atoms with Gasteiger partial charge >= 0.3 is 0 Å². The van der Waals surface area contributed by atoms with E-state index in [0.29, 0.717) is 12.0 Å². The zero-order chi connectivity index (χ0) is 13.0. The lowest BCUT2D eigenvalue weighted by atomic mass is 10.1. The largest absolute Gasteiger partial charge is 0.294 e. The van der Waals surface area contributed by atoms with E-state index < -0.39 is 0 Å². The maximum atomic E-state index is 12.0. The first-order valence-corrected chi connectivity index (χ1v) is 6.08. The van der Waals surface area contributed by atoms with E-state index >= 15 is 0 Å². The second-order valence-corrected chi connectivity index (χ2v) is 4.30. The van der Waals surface area contributed by atoms with E-state index in [4.69, 9.17) is 0 Å². The third-order valence-electron chi connectivity index (χ3n) is 2.87. The molecule has 2 heterocycles. The van der Waals surface area contributed by atoms with Crippen molar-refractivity contribution in [2.75, 3.05) is 0 Å². The summed E-state index contributed by atoms with van der Waals surface area (Å²) in [6, 6.07) is 7.59. The fourth-order valence-electron chi connectivity index (χ4n) is 1.67. The zero-order valence-corrected chi connectivity index (χ0v) is 10.7. The van der Waals surface area contributed by atoms with Gasteiger partial charge in [0.05, 0.1) is 6.42 Å². The summed E-state index contributed by atoms with van der Waals surface area (Å²) in [7, 11) is 0. The van der Waals surface area contributed by atoms with Gasteiger partial charge in [-0.3, -0.25) is 14.8 Å². The fraction of sp³-hybridized carbons (Fsp3) is 0.267. The Hall–Kier alpha value is -2.03. The van der Waals surface area contributed by atoms with Crippen LogP contribution in [0.5, 0.6) is 0 Å². The first kappa shape index (κ1) is 12.4. The van der Waals surface area contributed by atoms with E-state index in [1.54, 1.807) is 6.20 Å². The smallest absolute Gasteiger partial charge is 0.170 e. The molecule has 0 aliphatic carbocycles. The van der Waals surface area contributed by atoms with Crippen LogP contribution in [0.25, 0.3) is 0 Å². The van der Waals surface area contributed by atoms with Crippen LogP contribution in [0.15, 0.2) is 36.7 Å². The minimum absolute atomic E-state index is 0.0549. The monoisotopic (exact) mass is 240 g/mol. The van der Waals surface area contributed by atoms with Crippen LogP contribution < -0.4 is 0 Å². The molecule has 0 aliphatic heterocycles. The Balaban J connectivity index is 2.08. The molecular weight excluding hydrogens is 224 g/mol.